The van der Waals surface area contributed by atoms with Gasteiger partial charge in [0.1, 0.15) is 13.6 Å². The molecular formula is C10H12BBrO. The maximum absolute atomic E-state index is 9.88. The molecule has 13 heavy (non-hydrogen) atoms. The zero-order valence-corrected chi connectivity index (χ0v) is 9.48. The molecule has 0 amide bonds. The number of halogens is 1. The monoisotopic (exact) mass is 238 g/mol. The van der Waals surface area contributed by atoms with Crippen LogP contribution in [0.1, 0.15) is 25.3 Å². The molecule has 1 saturated carbocycles. The predicted molar refractivity (Wildman–Crippen MR) is 60.6 cm³/mol. The fourth-order valence-electron chi connectivity index (χ4n) is 1.65. The Balaban J connectivity index is 2.56. The first kappa shape index (κ1) is 9.13. The summed E-state index contributed by atoms with van der Waals surface area (Å²) in [5.74, 6) is 0.475. The molecule has 0 unspecified atom stereocenters. The van der Waals surface area contributed by atoms with Gasteiger partial charge in [-0.2, -0.15) is 0 Å². The van der Waals surface area contributed by atoms with Gasteiger partial charge in [-0.3, -0.25) is 0 Å². The van der Waals surface area contributed by atoms with Crippen molar-refractivity contribution >= 4 is 29.2 Å². The van der Waals surface area contributed by atoms with Gasteiger partial charge in [-0.1, -0.05) is 28.9 Å². The lowest BCUT2D eigenvalue weighted by Gasteiger charge is -2.13. The topological polar surface area (TPSA) is 20.2 Å². The highest BCUT2D eigenvalue weighted by Crippen LogP contribution is 2.50. The van der Waals surface area contributed by atoms with Crippen molar-refractivity contribution in [2.75, 3.05) is 0 Å². The van der Waals surface area contributed by atoms with Crippen LogP contribution in [-0.2, 0) is 5.41 Å². The molecule has 1 nitrogen and oxygen atoms in total. The maximum Gasteiger partial charge on any atom is 0.144 e. The Bertz CT molecular complexity index is 358. The second-order valence-electron chi connectivity index (χ2n) is 4.18. The van der Waals surface area contributed by atoms with Crippen LogP contribution in [0.15, 0.2) is 16.6 Å². The van der Waals surface area contributed by atoms with Crippen LogP contribution < -0.4 is 5.46 Å². The van der Waals surface area contributed by atoms with Gasteiger partial charge in [0.2, 0.25) is 0 Å². The number of aromatic hydroxyl groups is 1. The van der Waals surface area contributed by atoms with Crippen LogP contribution in [0, 0.1) is 0 Å². The molecule has 0 bridgehead atoms. The van der Waals surface area contributed by atoms with Crippen LogP contribution in [0.5, 0.6) is 5.75 Å². The molecule has 0 aliphatic heterocycles. The number of rotatable bonds is 1. The molecule has 1 aromatic rings. The van der Waals surface area contributed by atoms with Gasteiger partial charge in [0.25, 0.3) is 0 Å². The molecule has 0 spiro atoms. The number of benzene rings is 1. The summed E-state index contributed by atoms with van der Waals surface area (Å²) in [6.45, 7) is 2.20. The molecule has 1 aromatic carbocycles. The second kappa shape index (κ2) is 2.78. The molecule has 0 heterocycles. The highest BCUT2D eigenvalue weighted by atomic mass is 79.9. The molecule has 0 saturated heterocycles. The SMILES string of the molecule is Bc1cc(Br)cc(C2(C)CC2)c1O. The molecule has 0 radical (unpaired) electrons. The van der Waals surface area contributed by atoms with Gasteiger partial charge in [-0.05, 0) is 29.8 Å². The van der Waals surface area contributed by atoms with Gasteiger partial charge >= 0.3 is 0 Å². The first-order valence-electron chi connectivity index (χ1n) is 4.52. The van der Waals surface area contributed by atoms with E-state index in [1.54, 1.807) is 0 Å². The van der Waals surface area contributed by atoms with Gasteiger partial charge in [-0.25, -0.2) is 0 Å². The molecule has 1 aliphatic rings. The molecule has 2 rings (SSSR count). The Hall–Kier alpha value is -0.435. The van der Waals surface area contributed by atoms with Crippen LogP contribution in [0.3, 0.4) is 0 Å². The van der Waals surface area contributed by atoms with Gasteiger partial charge in [-0.15, -0.1) is 0 Å². The molecule has 1 N–H and O–H groups in total. The van der Waals surface area contributed by atoms with E-state index in [1.807, 2.05) is 20.0 Å². The summed E-state index contributed by atoms with van der Waals surface area (Å²) >= 11 is 3.46. The Morgan fingerprint density at radius 3 is 2.62 bits per heavy atom. The third-order valence-corrected chi connectivity index (χ3v) is 3.37. The third kappa shape index (κ3) is 1.50. The van der Waals surface area contributed by atoms with Crippen molar-refractivity contribution < 1.29 is 5.11 Å². The fraction of sp³-hybridized carbons (Fsp3) is 0.400. The highest BCUT2D eigenvalue weighted by Gasteiger charge is 2.41. The normalized spacial score (nSPS) is 18.6. The summed E-state index contributed by atoms with van der Waals surface area (Å²) in [6, 6.07) is 3.99. The van der Waals surface area contributed by atoms with Gasteiger partial charge in [0, 0.05) is 10.0 Å². The molecule has 3 heteroatoms. The minimum atomic E-state index is 0.235. The van der Waals surface area contributed by atoms with Crippen molar-refractivity contribution in [1.82, 2.24) is 0 Å². The van der Waals surface area contributed by atoms with E-state index < -0.39 is 0 Å². The second-order valence-corrected chi connectivity index (χ2v) is 5.10. The van der Waals surface area contributed by atoms with Gasteiger partial charge in [0.15, 0.2) is 0 Å². The highest BCUT2D eigenvalue weighted by molar-refractivity contribution is 9.10. The third-order valence-electron chi connectivity index (χ3n) is 2.92. The standard InChI is InChI=1S/C10H12BBrO/c1-10(2-3-10)7-4-6(12)5-8(11)9(7)13/h4-5,13H,2-3,11H2,1H3. The minimum Gasteiger partial charge on any atom is -0.508 e. The van der Waals surface area contributed by atoms with E-state index in [0.717, 1.165) is 15.5 Å². The lowest BCUT2D eigenvalue weighted by atomic mass is 9.87. The van der Waals surface area contributed by atoms with E-state index in [1.165, 1.54) is 12.8 Å². The van der Waals surface area contributed by atoms with Crippen molar-refractivity contribution in [2.45, 2.75) is 25.2 Å². The Morgan fingerprint density at radius 1 is 1.46 bits per heavy atom. The molecule has 1 fully saturated rings. The Labute approximate surface area is 87.7 Å². The molecule has 68 valence electrons. The summed E-state index contributed by atoms with van der Waals surface area (Å²) in [5, 5.41) is 9.88. The van der Waals surface area contributed by atoms with Crippen molar-refractivity contribution in [2.24, 2.45) is 0 Å². The van der Waals surface area contributed by atoms with E-state index >= 15 is 0 Å². The predicted octanol–water partition coefficient (Wildman–Crippen LogP) is 1.46. The van der Waals surface area contributed by atoms with E-state index in [9.17, 15) is 5.11 Å². The summed E-state index contributed by atoms with van der Waals surface area (Å²) in [4.78, 5) is 0. The summed E-state index contributed by atoms with van der Waals surface area (Å²) < 4.78 is 1.06. The lowest BCUT2D eigenvalue weighted by molar-refractivity contribution is 0.466. The number of hydrogen-bond acceptors (Lipinski definition) is 1. The first-order chi connectivity index (χ1) is 6.03. The lowest BCUT2D eigenvalue weighted by Crippen LogP contribution is -2.10. The van der Waals surface area contributed by atoms with Crippen LogP contribution in [-0.4, -0.2) is 13.0 Å². The average molecular weight is 239 g/mol. The van der Waals surface area contributed by atoms with Crippen LogP contribution in [0.2, 0.25) is 0 Å². The van der Waals surface area contributed by atoms with Crippen LogP contribution in [0.25, 0.3) is 0 Å². The van der Waals surface area contributed by atoms with Crippen molar-refractivity contribution in [3.63, 3.8) is 0 Å². The Kier molecular flexibility index (Phi) is 1.95. The van der Waals surface area contributed by atoms with Crippen molar-refractivity contribution in [3.8, 4) is 5.75 Å². The molecule has 0 atom stereocenters. The number of phenolic OH excluding ortho intramolecular Hbond substituents is 1. The smallest absolute Gasteiger partial charge is 0.144 e. The van der Waals surface area contributed by atoms with Crippen molar-refractivity contribution in [1.29, 1.82) is 0 Å². The molecular weight excluding hydrogens is 227 g/mol. The Morgan fingerprint density at radius 2 is 2.08 bits per heavy atom. The summed E-state index contributed by atoms with van der Waals surface area (Å²) in [7, 11) is 1.94. The minimum absolute atomic E-state index is 0.235. The van der Waals surface area contributed by atoms with E-state index in [4.69, 9.17) is 0 Å². The average Bonchev–Trinajstić information content (AvgIpc) is 2.77. The van der Waals surface area contributed by atoms with Gasteiger partial charge < -0.3 is 5.11 Å². The largest absolute Gasteiger partial charge is 0.508 e. The maximum atomic E-state index is 9.88. The summed E-state index contributed by atoms with van der Waals surface area (Å²) in [5.41, 5.74) is 2.29. The van der Waals surface area contributed by atoms with Crippen LogP contribution >= 0.6 is 15.9 Å². The zero-order chi connectivity index (χ0) is 9.64. The zero-order valence-electron chi connectivity index (χ0n) is 7.89. The first-order valence-corrected chi connectivity index (χ1v) is 5.32. The molecule has 1 aliphatic carbocycles. The molecule has 0 aromatic heterocycles. The van der Waals surface area contributed by atoms with E-state index in [2.05, 4.69) is 22.9 Å². The van der Waals surface area contributed by atoms with E-state index in [0.29, 0.717) is 5.75 Å². The fourth-order valence-corrected chi connectivity index (χ4v) is 2.22. The summed E-state index contributed by atoms with van der Waals surface area (Å²) in [6.07, 6.45) is 2.38. The number of phenols is 1. The van der Waals surface area contributed by atoms with Crippen LogP contribution in [0.4, 0.5) is 0 Å². The van der Waals surface area contributed by atoms with E-state index in [-0.39, 0.29) is 5.41 Å². The van der Waals surface area contributed by atoms with Crippen molar-refractivity contribution in [3.05, 3.63) is 22.2 Å². The van der Waals surface area contributed by atoms with Gasteiger partial charge in [0.05, 0.1) is 0 Å². The quantitative estimate of drug-likeness (QED) is 0.735. The number of hydrogen-bond donors (Lipinski definition) is 1.